The number of hydrogen-bond donors (Lipinski definition) is 2. The lowest BCUT2D eigenvalue weighted by Gasteiger charge is -2.08. The number of nitrogens with two attached hydrogens (primary N) is 1. The van der Waals surface area contributed by atoms with Gasteiger partial charge in [-0.2, -0.15) is 0 Å². The molecule has 0 saturated heterocycles. The third kappa shape index (κ3) is 5.13. The second-order valence-electron chi connectivity index (χ2n) is 5.33. The van der Waals surface area contributed by atoms with Gasteiger partial charge in [-0.1, -0.05) is 44.2 Å². The molecule has 0 bridgehead atoms. The quantitative estimate of drug-likeness (QED) is 0.486. The van der Waals surface area contributed by atoms with Gasteiger partial charge in [0.05, 0.1) is 6.54 Å². The molecule has 4 nitrogen and oxygen atoms in total. The molecule has 0 saturated carbocycles. The summed E-state index contributed by atoms with van der Waals surface area (Å²) in [5.41, 5.74) is 8.05. The summed E-state index contributed by atoms with van der Waals surface area (Å²) in [5.74, 6) is 1.78. The van der Waals surface area contributed by atoms with Crippen LogP contribution in [0.1, 0.15) is 25.3 Å². The minimum atomic E-state index is 0.393. The number of anilines is 1. The Morgan fingerprint density at radius 1 is 1.09 bits per heavy atom. The fraction of sp³-hybridized carbons (Fsp3) is 0.278. The van der Waals surface area contributed by atoms with Crippen molar-refractivity contribution in [2.45, 2.75) is 19.8 Å². The minimum absolute atomic E-state index is 0.393. The van der Waals surface area contributed by atoms with Crippen LogP contribution in [0, 0.1) is 0 Å². The Kier molecular flexibility index (Phi) is 5.83. The molecule has 0 spiro atoms. The molecule has 2 rings (SSSR count). The van der Waals surface area contributed by atoms with Crippen molar-refractivity contribution in [2.24, 2.45) is 10.7 Å². The fourth-order valence-electron chi connectivity index (χ4n) is 1.99. The maximum Gasteiger partial charge on any atom is 0.193 e. The first-order valence-corrected chi connectivity index (χ1v) is 7.50. The molecule has 116 valence electrons. The second kappa shape index (κ2) is 8.08. The van der Waals surface area contributed by atoms with Crippen LogP contribution in [-0.2, 0) is 0 Å². The molecule has 0 aliphatic heterocycles. The van der Waals surface area contributed by atoms with Crippen molar-refractivity contribution in [1.29, 1.82) is 0 Å². The summed E-state index contributed by atoms with van der Waals surface area (Å²) in [6, 6.07) is 17.9. The predicted octanol–water partition coefficient (Wildman–Crippen LogP) is 3.62. The average Bonchev–Trinajstić information content (AvgIpc) is 2.53. The van der Waals surface area contributed by atoms with Crippen LogP contribution >= 0.6 is 0 Å². The lowest BCUT2D eigenvalue weighted by Crippen LogP contribution is -2.23. The van der Waals surface area contributed by atoms with Crippen molar-refractivity contribution in [3.8, 4) is 5.75 Å². The zero-order valence-electron chi connectivity index (χ0n) is 13.1. The van der Waals surface area contributed by atoms with E-state index < -0.39 is 0 Å². The van der Waals surface area contributed by atoms with E-state index in [0.29, 0.717) is 25.0 Å². The van der Waals surface area contributed by atoms with E-state index in [0.717, 1.165) is 11.4 Å². The third-order valence-corrected chi connectivity index (χ3v) is 3.24. The van der Waals surface area contributed by atoms with Gasteiger partial charge in [-0.15, -0.1) is 0 Å². The first-order valence-electron chi connectivity index (χ1n) is 7.50. The van der Waals surface area contributed by atoms with Gasteiger partial charge in [0.1, 0.15) is 12.4 Å². The van der Waals surface area contributed by atoms with Gasteiger partial charge >= 0.3 is 0 Å². The van der Waals surface area contributed by atoms with E-state index in [9.17, 15) is 0 Å². The Hall–Kier alpha value is -2.49. The molecule has 0 atom stereocenters. The van der Waals surface area contributed by atoms with E-state index in [4.69, 9.17) is 10.5 Å². The Morgan fingerprint density at radius 2 is 1.77 bits per heavy atom. The number of guanidine groups is 1. The van der Waals surface area contributed by atoms with E-state index in [1.807, 2.05) is 42.5 Å². The van der Waals surface area contributed by atoms with Crippen molar-refractivity contribution in [2.75, 3.05) is 18.5 Å². The van der Waals surface area contributed by atoms with Crippen LogP contribution in [0.5, 0.6) is 5.75 Å². The summed E-state index contributed by atoms with van der Waals surface area (Å²) < 4.78 is 5.65. The molecule has 0 unspecified atom stereocenters. The van der Waals surface area contributed by atoms with Crippen molar-refractivity contribution in [3.05, 3.63) is 60.2 Å². The standard InChI is InChI=1S/C18H23N3O/c1-14(2)15-8-10-17(11-9-15)22-13-12-20-18(19)21-16-6-4-3-5-7-16/h3-11,14H,12-13H2,1-2H3,(H3,19,20,21). The van der Waals surface area contributed by atoms with E-state index in [1.165, 1.54) is 5.56 Å². The van der Waals surface area contributed by atoms with Crippen LogP contribution in [-0.4, -0.2) is 19.1 Å². The van der Waals surface area contributed by atoms with Gasteiger partial charge in [0, 0.05) is 5.69 Å². The van der Waals surface area contributed by atoms with Gasteiger partial charge in [0.2, 0.25) is 0 Å². The summed E-state index contributed by atoms with van der Waals surface area (Å²) in [4.78, 5) is 4.24. The number of ether oxygens (including phenoxy) is 1. The highest BCUT2D eigenvalue weighted by molar-refractivity contribution is 5.92. The van der Waals surface area contributed by atoms with Crippen molar-refractivity contribution >= 4 is 11.6 Å². The van der Waals surface area contributed by atoms with E-state index >= 15 is 0 Å². The third-order valence-electron chi connectivity index (χ3n) is 3.24. The SMILES string of the molecule is CC(C)c1ccc(OCCN=C(N)Nc2ccccc2)cc1. The maximum absolute atomic E-state index is 5.82. The molecule has 0 fully saturated rings. The average molecular weight is 297 g/mol. The number of hydrogen-bond acceptors (Lipinski definition) is 2. The van der Waals surface area contributed by atoms with Crippen LogP contribution in [0.3, 0.4) is 0 Å². The number of aliphatic imine (C=N–C) groups is 1. The van der Waals surface area contributed by atoms with Gasteiger partial charge in [0.15, 0.2) is 5.96 Å². The number of nitrogens with zero attached hydrogens (tertiary/aromatic N) is 1. The summed E-state index contributed by atoms with van der Waals surface area (Å²) in [7, 11) is 0. The van der Waals surface area contributed by atoms with E-state index in [1.54, 1.807) is 0 Å². The van der Waals surface area contributed by atoms with Crippen LogP contribution in [0.4, 0.5) is 5.69 Å². The normalized spacial score (nSPS) is 11.5. The van der Waals surface area contributed by atoms with Crippen molar-refractivity contribution in [1.82, 2.24) is 0 Å². The lowest BCUT2D eigenvalue weighted by molar-refractivity contribution is 0.328. The number of para-hydroxylation sites is 1. The summed E-state index contributed by atoms with van der Waals surface area (Å²) in [5, 5.41) is 3.03. The minimum Gasteiger partial charge on any atom is -0.492 e. The largest absolute Gasteiger partial charge is 0.492 e. The van der Waals surface area contributed by atoms with Gasteiger partial charge in [-0.25, -0.2) is 4.99 Å². The molecule has 4 heteroatoms. The lowest BCUT2D eigenvalue weighted by atomic mass is 10.0. The van der Waals surface area contributed by atoms with E-state index in [2.05, 4.69) is 36.3 Å². The molecular weight excluding hydrogens is 274 g/mol. The predicted molar refractivity (Wildman–Crippen MR) is 92.6 cm³/mol. The highest BCUT2D eigenvalue weighted by atomic mass is 16.5. The molecule has 0 amide bonds. The molecule has 2 aromatic carbocycles. The Labute approximate surface area is 132 Å². The molecule has 0 aliphatic carbocycles. The molecule has 2 aromatic rings. The smallest absolute Gasteiger partial charge is 0.193 e. The highest BCUT2D eigenvalue weighted by Gasteiger charge is 1.99. The molecule has 0 aliphatic rings. The molecule has 22 heavy (non-hydrogen) atoms. The van der Waals surface area contributed by atoms with Crippen LogP contribution < -0.4 is 15.8 Å². The Morgan fingerprint density at radius 3 is 2.41 bits per heavy atom. The summed E-state index contributed by atoms with van der Waals surface area (Å²) in [6.45, 7) is 5.36. The molecular formula is C18H23N3O. The van der Waals surface area contributed by atoms with Gasteiger partial charge in [0.25, 0.3) is 0 Å². The first-order chi connectivity index (χ1) is 10.6. The van der Waals surface area contributed by atoms with E-state index in [-0.39, 0.29) is 0 Å². The second-order valence-corrected chi connectivity index (χ2v) is 5.33. The zero-order valence-corrected chi connectivity index (χ0v) is 13.1. The van der Waals surface area contributed by atoms with Crippen molar-refractivity contribution < 1.29 is 4.74 Å². The van der Waals surface area contributed by atoms with Crippen LogP contribution in [0.25, 0.3) is 0 Å². The summed E-state index contributed by atoms with van der Waals surface area (Å²) >= 11 is 0. The van der Waals surface area contributed by atoms with Gasteiger partial charge < -0.3 is 15.8 Å². The first kappa shape index (κ1) is 15.9. The summed E-state index contributed by atoms with van der Waals surface area (Å²) in [6.07, 6.45) is 0. The molecule has 0 radical (unpaired) electrons. The van der Waals surface area contributed by atoms with Crippen LogP contribution in [0.2, 0.25) is 0 Å². The van der Waals surface area contributed by atoms with Gasteiger partial charge in [-0.05, 0) is 35.7 Å². The highest BCUT2D eigenvalue weighted by Crippen LogP contribution is 2.18. The zero-order chi connectivity index (χ0) is 15.8. The number of benzene rings is 2. The monoisotopic (exact) mass is 297 g/mol. The number of rotatable bonds is 6. The topological polar surface area (TPSA) is 59.6 Å². The van der Waals surface area contributed by atoms with Crippen LogP contribution in [0.15, 0.2) is 59.6 Å². The molecule has 0 heterocycles. The molecule has 0 aromatic heterocycles. The Bertz CT molecular complexity index is 591. The maximum atomic E-state index is 5.82. The fourth-order valence-corrected chi connectivity index (χ4v) is 1.99. The number of nitrogens with one attached hydrogen (secondary N) is 1. The van der Waals surface area contributed by atoms with Gasteiger partial charge in [-0.3, -0.25) is 0 Å². The van der Waals surface area contributed by atoms with Crippen molar-refractivity contribution in [3.63, 3.8) is 0 Å². The Balaban J connectivity index is 1.75. The molecule has 3 N–H and O–H groups in total.